The van der Waals surface area contributed by atoms with Gasteiger partial charge in [-0.15, -0.1) is 0 Å². The molecule has 0 spiro atoms. The van der Waals surface area contributed by atoms with Crippen molar-refractivity contribution in [3.8, 4) is 17.6 Å². The van der Waals surface area contributed by atoms with Gasteiger partial charge in [-0.2, -0.15) is 0 Å². The summed E-state index contributed by atoms with van der Waals surface area (Å²) in [6.45, 7) is 1.81. The Morgan fingerprint density at radius 2 is 2.25 bits per heavy atom. The summed E-state index contributed by atoms with van der Waals surface area (Å²) >= 11 is 0. The van der Waals surface area contributed by atoms with E-state index in [4.69, 9.17) is 15.2 Å². The van der Waals surface area contributed by atoms with Crippen LogP contribution >= 0.6 is 0 Å². The van der Waals surface area contributed by atoms with Crippen molar-refractivity contribution >= 4 is 5.69 Å². The molecule has 0 aliphatic carbocycles. The van der Waals surface area contributed by atoms with E-state index in [2.05, 4.69) is 16.7 Å². The zero-order chi connectivity index (χ0) is 14.2. The number of nitrogens with two attached hydrogens (primary N) is 1. The first kappa shape index (κ1) is 13.3. The summed E-state index contributed by atoms with van der Waals surface area (Å²) in [6.07, 6.45) is 0. The summed E-state index contributed by atoms with van der Waals surface area (Å²) in [5.41, 5.74) is 6.77. The number of hydrogen-bond acceptors (Lipinski definition) is 5. The van der Waals surface area contributed by atoms with Gasteiger partial charge in [-0.3, -0.25) is 0 Å². The lowest BCUT2D eigenvalue weighted by molar-refractivity contribution is -0.140. The largest absolute Gasteiger partial charge is 0.490 e. The second-order valence-electron chi connectivity index (χ2n) is 5.41. The molecular weight excluding hydrogens is 256 g/mol. The number of rotatable bonds is 0. The highest BCUT2D eigenvalue weighted by Crippen LogP contribution is 2.30. The Morgan fingerprint density at radius 3 is 2.95 bits per heavy atom. The minimum Gasteiger partial charge on any atom is -0.490 e. The van der Waals surface area contributed by atoms with Crippen LogP contribution in [0, 0.1) is 11.8 Å². The molecule has 0 bridgehead atoms. The molecule has 0 aromatic heterocycles. The maximum atomic E-state index is 9.89. The Labute approximate surface area is 118 Å². The molecule has 2 aliphatic rings. The molecule has 2 aliphatic heterocycles. The van der Waals surface area contributed by atoms with E-state index in [0.29, 0.717) is 6.61 Å². The molecule has 5 heteroatoms. The van der Waals surface area contributed by atoms with Crippen LogP contribution in [0.3, 0.4) is 0 Å². The van der Waals surface area contributed by atoms with Gasteiger partial charge in [0.15, 0.2) is 5.60 Å². The van der Waals surface area contributed by atoms with Crippen molar-refractivity contribution in [3.63, 3.8) is 0 Å². The number of likely N-dealkylation sites (N-methyl/N-ethyl adjacent to an activating group) is 1. The molecule has 1 aromatic carbocycles. The summed E-state index contributed by atoms with van der Waals surface area (Å²) in [4.78, 5) is 2.07. The fourth-order valence-corrected chi connectivity index (χ4v) is 2.27. The van der Waals surface area contributed by atoms with Crippen molar-refractivity contribution in [3.05, 3.63) is 23.8 Å². The van der Waals surface area contributed by atoms with Crippen LogP contribution in [0.1, 0.15) is 5.56 Å². The minimum atomic E-state index is -0.989. The van der Waals surface area contributed by atoms with Crippen LogP contribution in [0.15, 0.2) is 18.2 Å². The van der Waals surface area contributed by atoms with E-state index >= 15 is 0 Å². The van der Waals surface area contributed by atoms with Gasteiger partial charge in [-0.25, -0.2) is 0 Å². The van der Waals surface area contributed by atoms with E-state index in [9.17, 15) is 5.11 Å². The first-order chi connectivity index (χ1) is 9.56. The molecule has 1 fully saturated rings. The van der Waals surface area contributed by atoms with Crippen molar-refractivity contribution in [2.45, 2.75) is 11.6 Å². The Hall–Kier alpha value is -1.74. The van der Waals surface area contributed by atoms with Crippen molar-refractivity contribution in [2.24, 2.45) is 5.73 Å². The number of fused-ring (bicyclic) bond motifs is 1. The molecule has 0 radical (unpaired) electrons. The number of nitrogens with zero attached hydrogens (tertiary/aromatic N) is 1. The quantitative estimate of drug-likeness (QED) is 0.650. The monoisotopic (exact) mass is 274 g/mol. The molecule has 5 nitrogen and oxygen atoms in total. The predicted octanol–water partition coefficient (Wildman–Crippen LogP) is -0.0447. The Kier molecular flexibility index (Phi) is 3.30. The minimum absolute atomic E-state index is 0.00484. The summed E-state index contributed by atoms with van der Waals surface area (Å²) < 4.78 is 10.6. The van der Waals surface area contributed by atoms with Crippen LogP contribution < -0.4 is 15.4 Å². The lowest BCUT2D eigenvalue weighted by Gasteiger charge is -2.30. The molecule has 1 aromatic rings. The molecule has 1 unspecified atom stereocenters. The van der Waals surface area contributed by atoms with E-state index < -0.39 is 5.60 Å². The summed E-state index contributed by atoms with van der Waals surface area (Å²) in [7, 11) is 1.98. The molecule has 106 valence electrons. The first-order valence-electron chi connectivity index (χ1n) is 6.63. The van der Waals surface area contributed by atoms with Crippen molar-refractivity contribution in [2.75, 3.05) is 38.3 Å². The molecule has 2 heterocycles. The standard InChI is InChI=1S/C15H18N2O3/c1-17-7-12(16)8-20-14-3-2-11(6-13(14)17)4-5-15(18)9-19-10-15/h2-3,6,12,18H,7-10,16H2,1H3. The Balaban J connectivity index is 1.87. The van der Waals surface area contributed by atoms with E-state index in [-0.39, 0.29) is 19.3 Å². The van der Waals surface area contributed by atoms with Crippen molar-refractivity contribution in [1.29, 1.82) is 0 Å². The SMILES string of the molecule is CN1CC(N)COc2ccc(C#CC3(O)COC3)cc21. The Morgan fingerprint density at radius 1 is 1.45 bits per heavy atom. The number of benzene rings is 1. The van der Waals surface area contributed by atoms with Gasteiger partial charge < -0.3 is 25.2 Å². The van der Waals surface area contributed by atoms with E-state index in [1.807, 2.05) is 25.2 Å². The summed E-state index contributed by atoms with van der Waals surface area (Å²) in [5.74, 6) is 6.67. The van der Waals surface area contributed by atoms with Crippen LogP contribution in [0.4, 0.5) is 5.69 Å². The molecule has 3 rings (SSSR count). The van der Waals surface area contributed by atoms with Gasteiger partial charge in [0.05, 0.1) is 24.9 Å². The van der Waals surface area contributed by atoms with E-state index in [0.717, 1.165) is 23.5 Å². The fraction of sp³-hybridized carbons (Fsp3) is 0.467. The predicted molar refractivity (Wildman–Crippen MR) is 75.8 cm³/mol. The summed E-state index contributed by atoms with van der Waals surface area (Å²) in [5, 5.41) is 9.89. The number of ether oxygens (including phenoxy) is 2. The number of aliphatic hydroxyl groups is 1. The molecule has 0 saturated carbocycles. The highest BCUT2D eigenvalue weighted by atomic mass is 16.5. The average Bonchev–Trinajstić information content (AvgIpc) is 2.54. The Bertz CT molecular complexity index is 572. The van der Waals surface area contributed by atoms with Gasteiger partial charge in [-0.1, -0.05) is 11.8 Å². The molecule has 0 amide bonds. The van der Waals surface area contributed by atoms with Gasteiger partial charge in [0.2, 0.25) is 0 Å². The topological polar surface area (TPSA) is 68.0 Å². The third kappa shape index (κ3) is 2.59. The zero-order valence-electron chi connectivity index (χ0n) is 11.4. The second-order valence-corrected chi connectivity index (χ2v) is 5.41. The zero-order valence-corrected chi connectivity index (χ0v) is 11.4. The van der Waals surface area contributed by atoms with Crippen LogP contribution in [0.25, 0.3) is 0 Å². The maximum absolute atomic E-state index is 9.89. The van der Waals surface area contributed by atoms with Gasteiger partial charge >= 0.3 is 0 Å². The van der Waals surface area contributed by atoms with Gasteiger partial charge in [0.1, 0.15) is 12.4 Å². The maximum Gasteiger partial charge on any atom is 0.172 e. The average molecular weight is 274 g/mol. The second kappa shape index (κ2) is 4.98. The van der Waals surface area contributed by atoms with Crippen LogP contribution in [0.2, 0.25) is 0 Å². The van der Waals surface area contributed by atoms with Crippen LogP contribution in [-0.4, -0.2) is 50.2 Å². The lowest BCUT2D eigenvalue weighted by Crippen LogP contribution is -2.48. The van der Waals surface area contributed by atoms with Crippen LogP contribution in [0.5, 0.6) is 5.75 Å². The fourth-order valence-electron chi connectivity index (χ4n) is 2.27. The summed E-state index contributed by atoms with van der Waals surface area (Å²) in [6, 6.07) is 5.74. The normalized spacial score (nSPS) is 23.6. The van der Waals surface area contributed by atoms with Gasteiger partial charge in [0, 0.05) is 19.2 Å². The molecular formula is C15H18N2O3. The van der Waals surface area contributed by atoms with E-state index in [1.54, 1.807) is 0 Å². The molecule has 1 saturated heterocycles. The van der Waals surface area contributed by atoms with Gasteiger partial charge in [0.25, 0.3) is 0 Å². The number of hydrogen-bond donors (Lipinski definition) is 2. The molecule has 3 N–H and O–H groups in total. The molecule has 20 heavy (non-hydrogen) atoms. The van der Waals surface area contributed by atoms with Crippen molar-refractivity contribution < 1.29 is 14.6 Å². The van der Waals surface area contributed by atoms with Crippen LogP contribution in [-0.2, 0) is 4.74 Å². The third-order valence-electron chi connectivity index (χ3n) is 3.45. The highest BCUT2D eigenvalue weighted by molar-refractivity contribution is 5.62. The highest BCUT2D eigenvalue weighted by Gasteiger charge is 2.33. The first-order valence-corrected chi connectivity index (χ1v) is 6.63. The third-order valence-corrected chi connectivity index (χ3v) is 3.45. The van der Waals surface area contributed by atoms with Crippen molar-refractivity contribution in [1.82, 2.24) is 0 Å². The number of anilines is 1. The van der Waals surface area contributed by atoms with E-state index in [1.165, 1.54) is 0 Å². The van der Waals surface area contributed by atoms with Gasteiger partial charge in [-0.05, 0) is 18.2 Å². The lowest BCUT2D eigenvalue weighted by atomic mass is 10.0. The smallest absolute Gasteiger partial charge is 0.172 e. The molecule has 1 atom stereocenters.